The molecule has 2 aromatic carbocycles. The number of ether oxygens (including phenoxy) is 2. The van der Waals surface area contributed by atoms with Crippen LogP contribution in [-0.2, 0) is 19.1 Å². The second-order valence-corrected chi connectivity index (χ2v) is 10.7. The molecular formula is C29H28BrNO7. The van der Waals surface area contributed by atoms with Crippen molar-refractivity contribution in [3.63, 3.8) is 0 Å². The smallest absolute Gasteiger partial charge is 0.423 e. The molecule has 2 heterocycles. The first kappa shape index (κ1) is 26.3. The third kappa shape index (κ3) is 4.70. The lowest BCUT2D eigenvalue weighted by Crippen LogP contribution is -2.38. The number of carbonyl (C=O) groups excluding carboxylic acids is 3. The summed E-state index contributed by atoms with van der Waals surface area (Å²) in [6, 6.07) is 15.1. The summed E-state index contributed by atoms with van der Waals surface area (Å²) in [6.45, 7) is -0.0165. The highest BCUT2D eigenvalue weighted by atomic mass is 79.9. The largest absolute Gasteiger partial charge is 0.507 e. The van der Waals surface area contributed by atoms with Gasteiger partial charge in [0.05, 0.1) is 38.3 Å². The second kappa shape index (κ2) is 10.8. The minimum absolute atomic E-state index is 0.169. The number of fused-ring (bicyclic) bond motifs is 3. The number of phenolic OH excluding ortho intramolecular Hbond substituents is 1. The zero-order valence-corrected chi connectivity index (χ0v) is 22.4. The van der Waals surface area contributed by atoms with E-state index in [1.807, 2.05) is 42.5 Å². The van der Waals surface area contributed by atoms with Crippen LogP contribution in [0.2, 0.25) is 0 Å². The number of likely N-dealkylation sites (tertiary alicyclic amines) is 1. The predicted molar refractivity (Wildman–Crippen MR) is 143 cm³/mol. The Labute approximate surface area is 228 Å². The Balaban J connectivity index is 1.43. The highest BCUT2D eigenvalue weighted by Crippen LogP contribution is 2.50. The van der Waals surface area contributed by atoms with E-state index in [2.05, 4.69) is 20.7 Å². The molecule has 4 atom stereocenters. The van der Waals surface area contributed by atoms with E-state index in [9.17, 15) is 24.6 Å². The molecule has 1 aliphatic carbocycles. The molecular weight excluding hydrogens is 554 g/mol. The number of methoxy groups -OCH3 is 1. The number of aliphatic hydroxyl groups is 1. The van der Waals surface area contributed by atoms with E-state index in [0.29, 0.717) is 28.9 Å². The summed E-state index contributed by atoms with van der Waals surface area (Å²) in [5, 5.41) is 20.6. The summed E-state index contributed by atoms with van der Waals surface area (Å²) in [7, 11) is 1.13. The Kier molecular flexibility index (Phi) is 7.52. The molecule has 0 radical (unpaired) electrons. The van der Waals surface area contributed by atoms with Gasteiger partial charge < -0.3 is 19.7 Å². The van der Waals surface area contributed by atoms with Crippen LogP contribution in [0.3, 0.4) is 0 Å². The Morgan fingerprint density at radius 1 is 1.16 bits per heavy atom. The number of hydrogen-bond acceptors (Lipinski definition) is 7. The molecule has 0 unspecified atom stereocenters. The minimum Gasteiger partial charge on any atom is -0.507 e. The maximum absolute atomic E-state index is 13.1. The lowest BCUT2D eigenvalue weighted by molar-refractivity contribution is -0.137. The van der Waals surface area contributed by atoms with Crippen LogP contribution in [0.4, 0.5) is 4.79 Å². The van der Waals surface area contributed by atoms with E-state index in [0.717, 1.165) is 28.3 Å². The number of amides is 3. The van der Waals surface area contributed by atoms with Gasteiger partial charge in [-0.25, -0.2) is 4.79 Å². The molecule has 198 valence electrons. The summed E-state index contributed by atoms with van der Waals surface area (Å²) >= 11 is 3.46. The van der Waals surface area contributed by atoms with Crippen molar-refractivity contribution in [2.24, 2.45) is 17.8 Å². The van der Waals surface area contributed by atoms with Crippen LogP contribution in [0, 0.1) is 17.8 Å². The van der Waals surface area contributed by atoms with Crippen molar-refractivity contribution in [3.8, 4) is 5.75 Å². The molecule has 3 aliphatic rings. The van der Waals surface area contributed by atoms with E-state index in [-0.39, 0.29) is 37.4 Å². The number of phenols is 1. The molecule has 2 aliphatic heterocycles. The van der Waals surface area contributed by atoms with E-state index >= 15 is 0 Å². The van der Waals surface area contributed by atoms with Gasteiger partial charge in [0, 0.05) is 16.0 Å². The van der Waals surface area contributed by atoms with Crippen LogP contribution >= 0.6 is 15.9 Å². The lowest BCUT2D eigenvalue weighted by Gasteiger charge is -2.31. The van der Waals surface area contributed by atoms with Gasteiger partial charge in [-0.3, -0.25) is 9.59 Å². The highest BCUT2D eigenvalue weighted by Gasteiger charge is 2.58. The van der Waals surface area contributed by atoms with Crippen LogP contribution in [0.1, 0.15) is 30.4 Å². The SMILES string of the molecule is COC(=O)N1C(=O)[C@@H]2[C@@H](CC(CO)=C3[C@@H](CC/C(=C/c4cc(Br)ccc4O)c4ccccc4)OC[C@@H]32)C1=O. The fourth-order valence-corrected chi connectivity index (χ4v) is 6.34. The van der Waals surface area contributed by atoms with Crippen LogP contribution in [-0.4, -0.2) is 59.4 Å². The normalized spacial score (nSPS) is 25.0. The third-order valence-electron chi connectivity index (χ3n) is 7.70. The first-order chi connectivity index (χ1) is 18.3. The maximum Gasteiger partial charge on any atom is 0.423 e. The molecule has 0 aromatic heterocycles. The summed E-state index contributed by atoms with van der Waals surface area (Å²) in [4.78, 5) is 38.8. The first-order valence-electron chi connectivity index (χ1n) is 12.5. The summed E-state index contributed by atoms with van der Waals surface area (Å²) in [6.07, 6.45) is 2.01. The Hall–Kier alpha value is -3.27. The molecule has 5 rings (SSSR count). The number of carbonyl (C=O) groups is 3. The van der Waals surface area contributed by atoms with E-state index in [4.69, 9.17) is 4.74 Å². The zero-order valence-electron chi connectivity index (χ0n) is 20.8. The average Bonchev–Trinajstić information content (AvgIpc) is 3.46. The molecule has 2 saturated heterocycles. The molecule has 0 bridgehead atoms. The molecule has 2 aromatic rings. The molecule has 2 N–H and O–H groups in total. The number of allylic oxidation sites excluding steroid dienone is 1. The van der Waals surface area contributed by atoms with Crippen LogP contribution in [0.5, 0.6) is 5.75 Å². The van der Waals surface area contributed by atoms with Crippen molar-refractivity contribution in [2.75, 3.05) is 20.3 Å². The van der Waals surface area contributed by atoms with Crippen molar-refractivity contribution in [3.05, 3.63) is 75.3 Å². The fraction of sp³-hybridized carbons (Fsp3) is 0.345. The Morgan fingerprint density at radius 3 is 2.63 bits per heavy atom. The van der Waals surface area contributed by atoms with Gasteiger partial charge >= 0.3 is 6.09 Å². The van der Waals surface area contributed by atoms with Gasteiger partial charge in [-0.2, -0.15) is 4.90 Å². The summed E-state index contributed by atoms with van der Waals surface area (Å²) in [5.41, 5.74) is 4.24. The van der Waals surface area contributed by atoms with Crippen LogP contribution in [0.25, 0.3) is 11.6 Å². The van der Waals surface area contributed by atoms with Gasteiger partial charge in [-0.15, -0.1) is 0 Å². The number of hydrogen-bond donors (Lipinski definition) is 2. The topological polar surface area (TPSA) is 113 Å². The molecule has 3 amide bonds. The van der Waals surface area contributed by atoms with Crippen LogP contribution < -0.4 is 0 Å². The first-order valence-corrected chi connectivity index (χ1v) is 13.3. The Morgan fingerprint density at radius 2 is 1.92 bits per heavy atom. The van der Waals surface area contributed by atoms with Crippen LogP contribution in [0.15, 0.2) is 64.1 Å². The molecule has 0 spiro atoms. The van der Waals surface area contributed by atoms with E-state index in [1.165, 1.54) is 0 Å². The maximum atomic E-state index is 13.1. The van der Waals surface area contributed by atoms with Crippen molar-refractivity contribution >= 4 is 45.5 Å². The molecule has 9 heteroatoms. The summed E-state index contributed by atoms with van der Waals surface area (Å²) in [5.74, 6) is -2.78. The monoisotopic (exact) mass is 581 g/mol. The third-order valence-corrected chi connectivity index (χ3v) is 8.19. The van der Waals surface area contributed by atoms with Gasteiger partial charge in [-0.1, -0.05) is 46.3 Å². The zero-order chi connectivity index (χ0) is 27.0. The minimum atomic E-state index is -0.981. The van der Waals surface area contributed by atoms with Crippen molar-refractivity contribution in [1.82, 2.24) is 4.90 Å². The van der Waals surface area contributed by atoms with Gasteiger partial charge in [0.25, 0.3) is 0 Å². The highest BCUT2D eigenvalue weighted by molar-refractivity contribution is 9.10. The van der Waals surface area contributed by atoms with E-state index in [1.54, 1.807) is 12.1 Å². The number of halogens is 1. The molecule has 38 heavy (non-hydrogen) atoms. The number of rotatable bonds is 6. The van der Waals surface area contributed by atoms with E-state index < -0.39 is 29.7 Å². The van der Waals surface area contributed by atoms with Crippen molar-refractivity contribution < 1.29 is 34.1 Å². The average molecular weight is 582 g/mol. The standard InChI is InChI=1S/C29H28BrNO7/c1-37-29(36)31-27(34)21-13-19(14-32)25-22(26(21)28(31)35)15-38-24(25)10-7-17(16-5-3-2-4-6-16)11-18-12-20(30)8-9-23(18)33/h2-6,8-9,11-12,21-22,24,26,32-33H,7,10,13-15H2,1H3/b17-11-/t21-,22+,24-,26-/m1/s1. The number of aromatic hydroxyl groups is 1. The predicted octanol–water partition coefficient (Wildman–Crippen LogP) is 4.55. The van der Waals surface area contributed by atoms with Gasteiger partial charge in [0.1, 0.15) is 5.75 Å². The van der Waals surface area contributed by atoms with Gasteiger partial charge in [0.2, 0.25) is 11.8 Å². The summed E-state index contributed by atoms with van der Waals surface area (Å²) < 4.78 is 11.7. The number of benzene rings is 2. The molecule has 2 fully saturated rings. The fourth-order valence-electron chi connectivity index (χ4n) is 5.96. The number of imide groups is 3. The van der Waals surface area contributed by atoms with Crippen molar-refractivity contribution in [1.29, 1.82) is 0 Å². The second-order valence-electron chi connectivity index (χ2n) is 9.74. The lowest BCUT2D eigenvalue weighted by atomic mass is 9.69. The van der Waals surface area contributed by atoms with Gasteiger partial charge in [-0.05, 0) is 65.8 Å². The Bertz CT molecular complexity index is 1340. The van der Waals surface area contributed by atoms with Crippen molar-refractivity contribution in [2.45, 2.75) is 25.4 Å². The quantitative estimate of drug-likeness (QED) is 0.292. The number of aliphatic hydroxyl groups excluding tert-OH is 1. The molecule has 8 nitrogen and oxygen atoms in total. The number of nitrogens with zero attached hydrogens (tertiary/aromatic N) is 1. The molecule has 0 saturated carbocycles. The van der Waals surface area contributed by atoms with Gasteiger partial charge in [0.15, 0.2) is 0 Å².